The molecule has 4 rings (SSSR count). The number of Topliss-reactive ketones (excluding diaryl/α,β-unsaturated/α-hetero) is 1. The molecule has 0 fully saturated rings. The molecule has 0 amide bonds. The fraction of sp³-hybridized carbons (Fsp3) is 0.360. The van der Waals surface area contributed by atoms with Crippen LogP contribution in [0.4, 0.5) is 5.69 Å². The van der Waals surface area contributed by atoms with E-state index >= 15 is 0 Å². The van der Waals surface area contributed by atoms with Crippen LogP contribution < -0.4 is 10.2 Å². The Bertz CT molecular complexity index is 1050. The van der Waals surface area contributed by atoms with Crippen LogP contribution in [-0.2, 0) is 14.3 Å². The summed E-state index contributed by atoms with van der Waals surface area (Å²) < 4.78 is 5.35. The van der Waals surface area contributed by atoms with Gasteiger partial charge in [0.05, 0.1) is 18.1 Å². The number of nitrogens with zero attached hydrogens (tertiary/aromatic N) is 1. The molecule has 2 atom stereocenters. The number of dihydropyridines is 1. The lowest BCUT2D eigenvalue weighted by molar-refractivity contribution is -0.138. The fourth-order valence-electron chi connectivity index (χ4n) is 4.54. The molecule has 6 heteroatoms. The van der Waals surface area contributed by atoms with E-state index in [1.165, 1.54) is 0 Å². The first kappa shape index (κ1) is 21.4. The largest absolute Gasteiger partial charge is 0.463 e. The number of thiophene rings is 1. The van der Waals surface area contributed by atoms with E-state index in [9.17, 15) is 9.59 Å². The van der Waals surface area contributed by atoms with Crippen LogP contribution in [0.25, 0.3) is 0 Å². The molecule has 1 aliphatic carbocycles. The number of ketones is 1. The molecule has 5 nitrogen and oxygen atoms in total. The number of nitrogens with one attached hydrogen (secondary N) is 1. The third kappa shape index (κ3) is 4.04. The van der Waals surface area contributed by atoms with Gasteiger partial charge in [-0.05, 0) is 55.3 Å². The monoisotopic (exact) mass is 436 g/mol. The number of allylic oxidation sites excluding steroid dienone is 3. The molecule has 0 bridgehead atoms. The molecular weight excluding hydrogens is 408 g/mol. The SMILES string of the molecule is CCOC(=O)C1=C(C)NC2=C(C(=O)C[C@@H](c3ccc(N(C)C)cc3)C2)[C@@H]1c1cccs1. The van der Waals surface area contributed by atoms with Crippen molar-refractivity contribution in [2.24, 2.45) is 0 Å². The molecule has 31 heavy (non-hydrogen) atoms. The molecule has 0 saturated heterocycles. The van der Waals surface area contributed by atoms with Gasteiger partial charge in [0.1, 0.15) is 0 Å². The van der Waals surface area contributed by atoms with Crippen molar-refractivity contribution in [2.75, 3.05) is 25.6 Å². The Kier molecular flexibility index (Phi) is 6.01. The quantitative estimate of drug-likeness (QED) is 0.686. The van der Waals surface area contributed by atoms with E-state index in [4.69, 9.17) is 4.74 Å². The van der Waals surface area contributed by atoms with Gasteiger partial charge in [-0.15, -0.1) is 11.3 Å². The van der Waals surface area contributed by atoms with Crippen molar-refractivity contribution in [3.8, 4) is 0 Å². The third-order valence-corrected chi connectivity index (χ3v) is 6.97. The number of esters is 1. The minimum Gasteiger partial charge on any atom is -0.463 e. The second-order valence-corrected chi connectivity index (χ2v) is 9.22. The molecule has 0 saturated carbocycles. The number of rotatable bonds is 5. The summed E-state index contributed by atoms with van der Waals surface area (Å²) in [7, 11) is 4.03. The van der Waals surface area contributed by atoms with Crippen LogP contribution in [0, 0.1) is 0 Å². The Labute approximate surface area is 187 Å². The number of benzene rings is 1. The normalized spacial score (nSPS) is 21.0. The van der Waals surface area contributed by atoms with Crippen molar-refractivity contribution in [3.63, 3.8) is 0 Å². The number of anilines is 1. The van der Waals surface area contributed by atoms with Gasteiger partial charge in [-0.25, -0.2) is 4.79 Å². The number of hydrogen-bond acceptors (Lipinski definition) is 6. The maximum absolute atomic E-state index is 13.4. The van der Waals surface area contributed by atoms with Crippen molar-refractivity contribution in [2.45, 2.75) is 38.5 Å². The number of ether oxygens (including phenoxy) is 1. The molecule has 2 aliphatic rings. The van der Waals surface area contributed by atoms with Crippen LogP contribution in [0.1, 0.15) is 49.0 Å². The second-order valence-electron chi connectivity index (χ2n) is 8.24. The second kappa shape index (κ2) is 8.71. The highest BCUT2D eigenvalue weighted by molar-refractivity contribution is 7.10. The zero-order valence-corrected chi connectivity index (χ0v) is 19.2. The minimum atomic E-state index is -0.361. The van der Waals surface area contributed by atoms with Gasteiger partial charge in [-0.2, -0.15) is 0 Å². The highest BCUT2D eigenvalue weighted by atomic mass is 32.1. The zero-order valence-electron chi connectivity index (χ0n) is 18.4. The van der Waals surface area contributed by atoms with Crippen LogP contribution in [-0.4, -0.2) is 32.5 Å². The van der Waals surface area contributed by atoms with Gasteiger partial charge < -0.3 is 15.0 Å². The highest BCUT2D eigenvalue weighted by Crippen LogP contribution is 2.46. The maximum atomic E-state index is 13.4. The molecular formula is C25H28N2O3S. The Hall–Kier alpha value is -2.86. The summed E-state index contributed by atoms with van der Waals surface area (Å²) in [4.78, 5) is 29.3. The summed E-state index contributed by atoms with van der Waals surface area (Å²) in [5.74, 6) is -0.495. The summed E-state index contributed by atoms with van der Waals surface area (Å²) >= 11 is 1.57. The number of hydrogen-bond donors (Lipinski definition) is 1. The van der Waals surface area contributed by atoms with Crippen molar-refractivity contribution < 1.29 is 14.3 Å². The van der Waals surface area contributed by atoms with E-state index in [1.807, 2.05) is 38.5 Å². The van der Waals surface area contributed by atoms with Gasteiger partial charge in [0.2, 0.25) is 0 Å². The first-order valence-electron chi connectivity index (χ1n) is 10.6. The van der Waals surface area contributed by atoms with Gasteiger partial charge in [-0.3, -0.25) is 4.79 Å². The van der Waals surface area contributed by atoms with E-state index < -0.39 is 0 Å². The van der Waals surface area contributed by atoms with Crippen LogP contribution in [0.15, 0.2) is 64.3 Å². The summed E-state index contributed by atoms with van der Waals surface area (Å²) in [6.45, 7) is 4.00. The van der Waals surface area contributed by atoms with Crippen LogP contribution >= 0.6 is 11.3 Å². The average Bonchev–Trinajstić information content (AvgIpc) is 3.27. The van der Waals surface area contributed by atoms with E-state index in [0.717, 1.165) is 39.5 Å². The highest BCUT2D eigenvalue weighted by Gasteiger charge is 2.41. The van der Waals surface area contributed by atoms with Crippen LogP contribution in [0.3, 0.4) is 0 Å². The van der Waals surface area contributed by atoms with Gasteiger partial charge in [0, 0.05) is 48.0 Å². The Morgan fingerprint density at radius 1 is 1.19 bits per heavy atom. The van der Waals surface area contributed by atoms with E-state index in [-0.39, 0.29) is 23.6 Å². The summed E-state index contributed by atoms with van der Waals surface area (Å²) in [6, 6.07) is 12.4. The molecule has 0 spiro atoms. The predicted molar refractivity (Wildman–Crippen MR) is 124 cm³/mol. The summed E-state index contributed by atoms with van der Waals surface area (Å²) in [6.07, 6.45) is 1.19. The Morgan fingerprint density at radius 2 is 1.94 bits per heavy atom. The fourth-order valence-corrected chi connectivity index (χ4v) is 5.38. The molecule has 1 aliphatic heterocycles. The molecule has 1 N–H and O–H groups in total. The van der Waals surface area contributed by atoms with Gasteiger partial charge in [0.15, 0.2) is 5.78 Å². The topological polar surface area (TPSA) is 58.6 Å². The maximum Gasteiger partial charge on any atom is 0.336 e. The summed E-state index contributed by atoms with van der Waals surface area (Å²) in [5.41, 5.74) is 5.27. The minimum absolute atomic E-state index is 0.100. The standard InChI is InChI=1S/C25H28N2O3S/c1-5-30-25(29)22-15(2)26-19-13-17(16-8-10-18(11-9-16)27(3)4)14-20(28)23(19)24(22)21-7-6-12-31-21/h6-12,17,24,26H,5,13-14H2,1-4H3/t17-,24+/m0/s1. The van der Waals surface area contributed by atoms with Gasteiger partial charge in [0.25, 0.3) is 0 Å². The Morgan fingerprint density at radius 3 is 2.55 bits per heavy atom. The summed E-state index contributed by atoms with van der Waals surface area (Å²) in [5, 5.41) is 5.38. The van der Waals surface area contributed by atoms with Crippen LogP contribution in [0.5, 0.6) is 0 Å². The first-order chi connectivity index (χ1) is 14.9. The lowest BCUT2D eigenvalue weighted by atomic mass is 9.73. The predicted octanol–water partition coefficient (Wildman–Crippen LogP) is 4.74. The van der Waals surface area contributed by atoms with E-state index in [0.29, 0.717) is 18.6 Å². The number of carbonyl (C=O) groups is 2. The molecule has 2 aromatic rings. The van der Waals surface area contributed by atoms with Crippen molar-refractivity contribution in [1.29, 1.82) is 0 Å². The first-order valence-corrected chi connectivity index (χ1v) is 11.5. The smallest absolute Gasteiger partial charge is 0.336 e. The van der Waals surface area contributed by atoms with E-state index in [2.05, 4.69) is 34.5 Å². The molecule has 162 valence electrons. The van der Waals surface area contributed by atoms with Crippen molar-refractivity contribution in [1.82, 2.24) is 5.32 Å². The van der Waals surface area contributed by atoms with Crippen molar-refractivity contribution in [3.05, 3.63) is 74.8 Å². The Balaban J connectivity index is 1.71. The molecule has 1 aromatic heterocycles. The van der Waals surface area contributed by atoms with Crippen molar-refractivity contribution >= 4 is 28.8 Å². The third-order valence-electron chi connectivity index (χ3n) is 6.03. The number of carbonyl (C=O) groups excluding carboxylic acids is 2. The lowest BCUT2D eigenvalue weighted by Crippen LogP contribution is -2.35. The molecule has 2 heterocycles. The molecule has 1 aromatic carbocycles. The van der Waals surface area contributed by atoms with Crippen LogP contribution in [0.2, 0.25) is 0 Å². The van der Waals surface area contributed by atoms with Gasteiger partial charge >= 0.3 is 5.97 Å². The van der Waals surface area contributed by atoms with E-state index in [1.54, 1.807) is 18.3 Å². The van der Waals surface area contributed by atoms with Gasteiger partial charge in [-0.1, -0.05) is 18.2 Å². The zero-order chi connectivity index (χ0) is 22.1. The molecule has 0 unspecified atom stereocenters. The average molecular weight is 437 g/mol. The lowest BCUT2D eigenvalue weighted by Gasteiger charge is -2.36. The molecule has 0 radical (unpaired) electrons.